The van der Waals surface area contributed by atoms with Gasteiger partial charge in [0.15, 0.2) is 9.84 Å². The minimum atomic E-state index is -2.91. The number of rotatable bonds is 6. The Morgan fingerprint density at radius 3 is 2.41 bits per heavy atom. The van der Waals surface area contributed by atoms with Gasteiger partial charge in [0.05, 0.1) is 11.9 Å². The standard InChI is InChI=1S/C16H32N2O3S/c1-3-22(20,21)12-13(2)17-14-8-10-18(11-9-14)15-6-4-5-7-16(15)19/h13-17,19H,3-12H2,1-2H3. The van der Waals surface area contributed by atoms with Crippen LogP contribution in [0.1, 0.15) is 52.4 Å². The number of likely N-dealkylation sites (tertiary alicyclic amines) is 1. The van der Waals surface area contributed by atoms with Crippen LogP contribution >= 0.6 is 0 Å². The van der Waals surface area contributed by atoms with E-state index in [2.05, 4.69) is 10.2 Å². The highest BCUT2D eigenvalue weighted by Crippen LogP contribution is 2.26. The van der Waals surface area contributed by atoms with Gasteiger partial charge in [-0.25, -0.2) is 8.42 Å². The first kappa shape index (κ1) is 18.2. The van der Waals surface area contributed by atoms with E-state index in [1.54, 1.807) is 6.92 Å². The van der Waals surface area contributed by atoms with Crippen LogP contribution in [-0.4, -0.2) is 67.2 Å². The highest BCUT2D eigenvalue weighted by atomic mass is 32.2. The van der Waals surface area contributed by atoms with Crippen molar-refractivity contribution < 1.29 is 13.5 Å². The van der Waals surface area contributed by atoms with E-state index in [1.807, 2.05) is 6.92 Å². The Labute approximate surface area is 135 Å². The molecule has 0 aromatic carbocycles. The van der Waals surface area contributed by atoms with Gasteiger partial charge in [0.2, 0.25) is 0 Å². The van der Waals surface area contributed by atoms with Crippen LogP contribution in [0.3, 0.4) is 0 Å². The minimum Gasteiger partial charge on any atom is -0.391 e. The third-order valence-electron chi connectivity index (χ3n) is 5.16. The topological polar surface area (TPSA) is 69.6 Å². The molecular formula is C16H32N2O3S. The van der Waals surface area contributed by atoms with E-state index in [4.69, 9.17) is 0 Å². The van der Waals surface area contributed by atoms with Crippen molar-refractivity contribution in [2.45, 2.75) is 76.6 Å². The Hall–Kier alpha value is -0.170. The van der Waals surface area contributed by atoms with Crippen molar-refractivity contribution in [3.05, 3.63) is 0 Å². The fraction of sp³-hybridized carbons (Fsp3) is 1.00. The van der Waals surface area contributed by atoms with E-state index in [0.717, 1.165) is 45.2 Å². The number of nitrogens with zero attached hydrogens (tertiary/aromatic N) is 1. The molecule has 0 bridgehead atoms. The van der Waals surface area contributed by atoms with E-state index in [9.17, 15) is 13.5 Å². The van der Waals surface area contributed by atoms with Crippen LogP contribution in [0, 0.1) is 0 Å². The molecule has 3 atom stereocenters. The van der Waals surface area contributed by atoms with Crippen molar-refractivity contribution in [1.82, 2.24) is 10.2 Å². The van der Waals surface area contributed by atoms with Crippen molar-refractivity contribution in [3.63, 3.8) is 0 Å². The van der Waals surface area contributed by atoms with Gasteiger partial charge >= 0.3 is 0 Å². The summed E-state index contributed by atoms with van der Waals surface area (Å²) in [6, 6.07) is 0.758. The molecule has 1 aliphatic carbocycles. The summed E-state index contributed by atoms with van der Waals surface area (Å²) in [4.78, 5) is 2.44. The fourth-order valence-corrected chi connectivity index (χ4v) is 4.96. The first-order valence-corrected chi connectivity index (χ1v) is 10.6. The second-order valence-electron chi connectivity index (χ2n) is 7.00. The van der Waals surface area contributed by atoms with Gasteiger partial charge in [-0.2, -0.15) is 0 Å². The summed E-state index contributed by atoms with van der Waals surface area (Å²) >= 11 is 0. The van der Waals surface area contributed by atoms with Crippen molar-refractivity contribution >= 4 is 9.84 Å². The SMILES string of the molecule is CCS(=O)(=O)CC(C)NC1CCN(C2CCCCC2O)CC1. The predicted octanol–water partition coefficient (Wildman–Crippen LogP) is 1.17. The molecule has 22 heavy (non-hydrogen) atoms. The summed E-state index contributed by atoms with van der Waals surface area (Å²) in [5, 5.41) is 13.6. The lowest BCUT2D eigenvalue weighted by Crippen LogP contribution is -2.53. The zero-order valence-corrected chi connectivity index (χ0v) is 14.8. The summed E-state index contributed by atoms with van der Waals surface area (Å²) in [6.07, 6.45) is 6.36. The number of hydrogen-bond donors (Lipinski definition) is 2. The predicted molar refractivity (Wildman–Crippen MR) is 89.8 cm³/mol. The normalized spacial score (nSPS) is 30.3. The van der Waals surface area contributed by atoms with E-state index in [-0.39, 0.29) is 23.7 Å². The number of sulfone groups is 1. The molecule has 0 radical (unpaired) electrons. The van der Waals surface area contributed by atoms with E-state index >= 15 is 0 Å². The van der Waals surface area contributed by atoms with Crippen molar-refractivity contribution in [3.8, 4) is 0 Å². The average Bonchev–Trinajstić information content (AvgIpc) is 2.48. The highest BCUT2D eigenvalue weighted by molar-refractivity contribution is 7.91. The highest BCUT2D eigenvalue weighted by Gasteiger charge is 2.31. The van der Waals surface area contributed by atoms with Gasteiger partial charge in [0, 0.05) is 37.0 Å². The largest absolute Gasteiger partial charge is 0.391 e. The first-order chi connectivity index (χ1) is 10.4. The molecule has 1 heterocycles. The molecule has 0 amide bonds. The molecule has 0 spiro atoms. The lowest BCUT2D eigenvalue weighted by Gasteiger charge is -2.42. The van der Waals surface area contributed by atoms with Crippen LogP contribution in [0.5, 0.6) is 0 Å². The quantitative estimate of drug-likeness (QED) is 0.764. The third-order valence-corrected chi connectivity index (χ3v) is 7.04. The number of aliphatic hydroxyl groups is 1. The van der Waals surface area contributed by atoms with Gasteiger partial charge in [0.1, 0.15) is 0 Å². The van der Waals surface area contributed by atoms with Gasteiger partial charge in [-0.1, -0.05) is 19.8 Å². The summed E-state index contributed by atoms with van der Waals surface area (Å²) < 4.78 is 23.3. The van der Waals surface area contributed by atoms with Crippen LogP contribution in [0.4, 0.5) is 0 Å². The van der Waals surface area contributed by atoms with Crippen molar-refractivity contribution in [1.29, 1.82) is 0 Å². The lowest BCUT2D eigenvalue weighted by molar-refractivity contribution is 0.00684. The Kier molecular flexibility index (Phi) is 6.68. The van der Waals surface area contributed by atoms with E-state index in [1.165, 1.54) is 6.42 Å². The molecule has 0 aromatic rings. The molecule has 1 aliphatic heterocycles. The van der Waals surface area contributed by atoms with Crippen molar-refractivity contribution in [2.24, 2.45) is 0 Å². The molecule has 2 N–H and O–H groups in total. The summed E-state index contributed by atoms with van der Waals surface area (Å²) in [5.74, 6) is 0.447. The van der Waals surface area contributed by atoms with Gasteiger partial charge in [0.25, 0.3) is 0 Å². The average molecular weight is 333 g/mol. The van der Waals surface area contributed by atoms with Crippen LogP contribution in [0.2, 0.25) is 0 Å². The second-order valence-corrected chi connectivity index (χ2v) is 9.39. The number of piperidine rings is 1. The van der Waals surface area contributed by atoms with Gasteiger partial charge in [-0.15, -0.1) is 0 Å². The molecule has 1 saturated heterocycles. The van der Waals surface area contributed by atoms with Gasteiger partial charge in [-0.05, 0) is 32.6 Å². The molecule has 3 unspecified atom stereocenters. The van der Waals surface area contributed by atoms with Crippen LogP contribution in [0.15, 0.2) is 0 Å². The zero-order valence-electron chi connectivity index (χ0n) is 14.0. The fourth-order valence-electron chi connectivity index (χ4n) is 3.86. The Bertz CT molecular complexity index is 433. The minimum absolute atomic E-state index is 0.0155. The van der Waals surface area contributed by atoms with E-state index in [0.29, 0.717) is 12.1 Å². The van der Waals surface area contributed by atoms with Crippen LogP contribution in [0.25, 0.3) is 0 Å². The second kappa shape index (κ2) is 8.08. The molecule has 2 rings (SSSR count). The summed E-state index contributed by atoms with van der Waals surface area (Å²) in [7, 11) is -2.91. The molecule has 130 valence electrons. The monoisotopic (exact) mass is 332 g/mol. The van der Waals surface area contributed by atoms with Gasteiger partial charge in [-0.3, -0.25) is 4.90 Å². The zero-order chi connectivity index (χ0) is 16.2. The van der Waals surface area contributed by atoms with Crippen molar-refractivity contribution in [2.75, 3.05) is 24.6 Å². The molecule has 6 heteroatoms. The molecule has 5 nitrogen and oxygen atoms in total. The number of aliphatic hydroxyl groups excluding tert-OH is 1. The molecular weight excluding hydrogens is 300 g/mol. The summed E-state index contributed by atoms with van der Waals surface area (Å²) in [6.45, 7) is 5.68. The smallest absolute Gasteiger partial charge is 0.151 e. The maximum absolute atomic E-state index is 11.7. The maximum Gasteiger partial charge on any atom is 0.151 e. The molecule has 0 aromatic heterocycles. The van der Waals surface area contributed by atoms with E-state index < -0.39 is 9.84 Å². The Morgan fingerprint density at radius 1 is 1.18 bits per heavy atom. The Morgan fingerprint density at radius 2 is 1.82 bits per heavy atom. The lowest BCUT2D eigenvalue weighted by atomic mass is 9.89. The Balaban J connectivity index is 1.75. The third kappa shape index (κ3) is 5.18. The molecule has 1 saturated carbocycles. The van der Waals surface area contributed by atoms with Crippen LogP contribution < -0.4 is 5.32 Å². The number of hydrogen-bond acceptors (Lipinski definition) is 5. The first-order valence-electron chi connectivity index (χ1n) is 8.80. The van der Waals surface area contributed by atoms with Gasteiger partial charge < -0.3 is 10.4 Å². The molecule has 2 aliphatic rings. The number of nitrogens with one attached hydrogen (secondary N) is 1. The van der Waals surface area contributed by atoms with Crippen LogP contribution in [-0.2, 0) is 9.84 Å². The summed E-state index contributed by atoms with van der Waals surface area (Å²) in [5.41, 5.74) is 0. The molecule has 2 fully saturated rings. The maximum atomic E-state index is 11.7.